The largest absolute Gasteiger partial charge is 0.465 e. The van der Waals surface area contributed by atoms with Gasteiger partial charge in [-0.25, -0.2) is 0 Å². The lowest BCUT2D eigenvalue weighted by Crippen LogP contribution is -2.43. The van der Waals surface area contributed by atoms with Gasteiger partial charge in [-0.2, -0.15) is 0 Å². The summed E-state index contributed by atoms with van der Waals surface area (Å²) in [6.45, 7) is 10.8. The van der Waals surface area contributed by atoms with Crippen LogP contribution in [0.4, 0.5) is 0 Å². The van der Waals surface area contributed by atoms with Gasteiger partial charge in [0.2, 0.25) is 11.8 Å². The molecule has 2 aliphatic rings. The first-order chi connectivity index (χ1) is 11.4. The second kappa shape index (κ2) is 6.59. The minimum atomic E-state index is -0.170. The molecule has 1 aromatic rings. The molecule has 0 unspecified atom stereocenters. The zero-order valence-corrected chi connectivity index (χ0v) is 14.9. The highest BCUT2D eigenvalue weighted by atomic mass is 16.3. The summed E-state index contributed by atoms with van der Waals surface area (Å²) < 4.78 is 5.72. The molecule has 2 fully saturated rings. The Labute approximate surface area is 143 Å². The molecule has 2 amide bonds. The first-order valence-electron chi connectivity index (χ1n) is 8.72. The van der Waals surface area contributed by atoms with E-state index >= 15 is 0 Å². The number of amides is 2. The van der Waals surface area contributed by atoms with E-state index in [4.69, 9.17) is 4.42 Å². The van der Waals surface area contributed by atoms with Gasteiger partial charge >= 0.3 is 0 Å². The molecule has 0 aromatic carbocycles. The first kappa shape index (κ1) is 17.0. The van der Waals surface area contributed by atoms with E-state index in [0.717, 1.165) is 44.2 Å². The van der Waals surface area contributed by atoms with Gasteiger partial charge in [0.1, 0.15) is 11.5 Å². The quantitative estimate of drug-likeness (QED) is 0.841. The summed E-state index contributed by atoms with van der Waals surface area (Å²) in [7, 11) is 0. The van der Waals surface area contributed by atoms with Crippen molar-refractivity contribution in [2.24, 2.45) is 5.41 Å². The van der Waals surface area contributed by atoms with E-state index in [-0.39, 0.29) is 17.2 Å². The third kappa shape index (κ3) is 3.48. The van der Waals surface area contributed by atoms with Crippen LogP contribution in [0, 0.1) is 12.3 Å². The molecule has 3 heterocycles. The Morgan fingerprint density at radius 1 is 1.25 bits per heavy atom. The fourth-order valence-electron chi connectivity index (χ4n) is 4.03. The smallest absolute Gasteiger partial charge is 0.223 e. The summed E-state index contributed by atoms with van der Waals surface area (Å²) in [5.74, 6) is 2.15. The van der Waals surface area contributed by atoms with Gasteiger partial charge in [-0.15, -0.1) is 0 Å². The number of nitrogens with zero attached hydrogens (tertiary/aromatic N) is 3. The summed E-state index contributed by atoms with van der Waals surface area (Å²) in [5, 5.41) is 0. The normalized spacial score (nSPS) is 25.5. The van der Waals surface area contributed by atoms with Crippen LogP contribution in [0.1, 0.15) is 31.8 Å². The Hall–Kier alpha value is -1.82. The van der Waals surface area contributed by atoms with Gasteiger partial charge in [0.15, 0.2) is 0 Å². The summed E-state index contributed by atoms with van der Waals surface area (Å²) >= 11 is 0. The van der Waals surface area contributed by atoms with Crippen LogP contribution in [-0.4, -0.2) is 65.8 Å². The van der Waals surface area contributed by atoms with Crippen molar-refractivity contribution in [1.29, 1.82) is 0 Å². The predicted octanol–water partition coefficient (Wildman–Crippen LogP) is 1.49. The maximum Gasteiger partial charge on any atom is 0.223 e. The maximum atomic E-state index is 12.3. The zero-order chi connectivity index (χ0) is 17.3. The molecular weight excluding hydrogens is 306 g/mol. The van der Waals surface area contributed by atoms with Crippen LogP contribution in [0.5, 0.6) is 0 Å². The highest BCUT2D eigenvalue weighted by Gasteiger charge is 2.46. The minimum Gasteiger partial charge on any atom is -0.465 e. The highest BCUT2D eigenvalue weighted by molar-refractivity contribution is 5.80. The van der Waals surface area contributed by atoms with E-state index < -0.39 is 0 Å². The second-order valence-corrected chi connectivity index (χ2v) is 7.25. The predicted molar refractivity (Wildman–Crippen MR) is 90.3 cm³/mol. The average Bonchev–Trinajstić information content (AvgIpc) is 3.00. The molecule has 3 rings (SSSR count). The van der Waals surface area contributed by atoms with E-state index in [1.165, 1.54) is 0 Å². The zero-order valence-electron chi connectivity index (χ0n) is 14.9. The van der Waals surface area contributed by atoms with Crippen LogP contribution in [0.2, 0.25) is 0 Å². The molecule has 6 nitrogen and oxygen atoms in total. The number of aryl methyl sites for hydroxylation is 1. The Morgan fingerprint density at radius 3 is 2.62 bits per heavy atom. The van der Waals surface area contributed by atoms with Gasteiger partial charge < -0.3 is 14.2 Å². The van der Waals surface area contributed by atoms with Crippen molar-refractivity contribution in [2.45, 2.75) is 33.7 Å². The Balaban J connectivity index is 1.80. The Kier molecular flexibility index (Phi) is 4.67. The molecule has 1 spiro atoms. The summed E-state index contributed by atoms with van der Waals surface area (Å²) in [6, 6.07) is 3.98. The van der Waals surface area contributed by atoms with Crippen LogP contribution in [-0.2, 0) is 16.1 Å². The lowest BCUT2D eigenvalue weighted by atomic mass is 9.86. The molecule has 132 valence electrons. The van der Waals surface area contributed by atoms with Gasteiger partial charge in [0, 0.05) is 58.0 Å². The van der Waals surface area contributed by atoms with Crippen LogP contribution in [0.25, 0.3) is 0 Å². The van der Waals surface area contributed by atoms with Crippen molar-refractivity contribution < 1.29 is 14.0 Å². The summed E-state index contributed by atoms with van der Waals surface area (Å²) in [6.07, 6.45) is 0.526. The van der Waals surface area contributed by atoms with E-state index in [2.05, 4.69) is 4.90 Å². The van der Waals surface area contributed by atoms with Gasteiger partial charge in [-0.1, -0.05) is 0 Å². The third-order valence-corrected chi connectivity index (χ3v) is 5.18. The number of likely N-dealkylation sites (tertiary alicyclic amines) is 1. The van der Waals surface area contributed by atoms with Crippen LogP contribution in [0.3, 0.4) is 0 Å². The number of carbonyl (C=O) groups excluding carboxylic acids is 2. The van der Waals surface area contributed by atoms with E-state index in [0.29, 0.717) is 19.5 Å². The standard InChI is InChI=1S/C18H27N3O3/c1-4-20-12-18(9-17(20)23)11-19(7-8-21(13-18)15(3)22)10-16-6-5-14(2)24-16/h5-6H,4,7-13H2,1-3H3/t18-/m0/s1. The molecular formula is C18H27N3O3. The fraction of sp³-hybridized carbons (Fsp3) is 0.667. The third-order valence-electron chi connectivity index (χ3n) is 5.18. The SMILES string of the molecule is CCN1C[C@]2(CC1=O)CN(Cc1ccc(C)o1)CCN(C(C)=O)C2. The number of carbonyl (C=O) groups is 2. The van der Waals surface area contributed by atoms with Crippen LogP contribution >= 0.6 is 0 Å². The van der Waals surface area contributed by atoms with Gasteiger partial charge in [0.05, 0.1) is 6.54 Å². The molecule has 0 aliphatic carbocycles. The minimum absolute atomic E-state index is 0.0902. The van der Waals surface area contributed by atoms with Crippen molar-refractivity contribution in [2.75, 3.05) is 39.3 Å². The first-order valence-corrected chi connectivity index (χ1v) is 8.72. The van der Waals surface area contributed by atoms with Gasteiger partial charge in [-0.3, -0.25) is 14.5 Å². The van der Waals surface area contributed by atoms with Gasteiger partial charge in [0.25, 0.3) is 0 Å². The monoisotopic (exact) mass is 333 g/mol. The van der Waals surface area contributed by atoms with E-state index in [9.17, 15) is 9.59 Å². The molecule has 1 atom stereocenters. The lowest BCUT2D eigenvalue weighted by Gasteiger charge is -2.33. The number of rotatable bonds is 3. The van der Waals surface area contributed by atoms with Crippen molar-refractivity contribution in [3.63, 3.8) is 0 Å². The van der Waals surface area contributed by atoms with E-state index in [1.54, 1.807) is 6.92 Å². The Morgan fingerprint density at radius 2 is 2.04 bits per heavy atom. The summed E-state index contributed by atoms with van der Waals surface area (Å²) in [5.41, 5.74) is -0.170. The molecule has 0 N–H and O–H groups in total. The lowest BCUT2D eigenvalue weighted by molar-refractivity contribution is -0.130. The number of furan rings is 1. The van der Waals surface area contributed by atoms with Crippen LogP contribution < -0.4 is 0 Å². The van der Waals surface area contributed by atoms with Gasteiger partial charge in [-0.05, 0) is 26.0 Å². The molecule has 2 aliphatic heterocycles. The molecule has 24 heavy (non-hydrogen) atoms. The highest BCUT2D eigenvalue weighted by Crippen LogP contribution is 2.35. The molecule has 6 heteroatoms. The Bertz CT molecular complexity index is 627. The molecule has 0 bridgehead atoms. The van der Waals surface area contributed by atoms with E-state index in [1.807, 2.05) is 35.8 Å². The number of hydrogen-bond acceptors (Lipinski definition) is 4. The van der Waals surface area contributed by atoms with Crippen molar-refractivity contribution >= 4 is 11.8 Å². The fourth-order valence-corrected chi connectivity index (χ4v) is 4.03. The topological polar surface area (TPSA) is 57.0 Å². The molecule has 1 aromatic heterocycles. The van der Waals surface area contributed by atoms with Crippen molar-refractivity contribution in [3.05, 3.63) is 23.7 Å². The number of hydrogen-bond donors (Lipinski definition) is 0. The van der Waals surface area contributed by atoms with Crippen molar-refractivity contribution in [1.82, 2.24) is 14.7 Å². The maximum absolute atomic E-state index is 12.3. The summed E-state index contributed by atoms with van der Waals surface area (Å²) in [4.78, 5) is 30.4. The van der Waals surface area contributed by atoms with Crippen LogP contribution in [0.15, 0.2) is 16.5 Å². The molecule has 0 radical (unpaired) electrons. The average molecular weight is 333 g/mol. The molecule has 2 saturated heterocycles. The molecule has 0 saturated carbocycles. The van der Waals surface area contributed by atoms with Crippen molar-refractivity contribution in [3.8, 4) is 0 Å². The second-order valence-electron chi connectivity index (χ2n) is 7.25.